The average molecular weight is 298 g/mol. The molecule has 1 fully saturated rings. The Hall–Kier alpha value is -1.60. The van der Waals surface area contributed by atoms with Crippen molar-refractivity contribution in [3.8, 4) is 0 Å². The Morgan fingerprint density at radius 3 is 2.70 bits per heavy atom. The van der Waals surface area contributed by atoms with Crippen LogP contribution in [0.2, 0.25) is 0 Å². The molecule has 20 heavy (non-hydrogen) atoms. The summed E-state index contributed by atoms with van der Waals surface area (Å²) in [7, 11) is 1.60. The molecule has 0 spiro atoms. The number of carboxylic acid groups (broad SMARTS) is 1. The Morgan fingerprint density at radius 1 is 1.45 bits per heavy atom. The van der Waals surface area contributed by atoms with Gasteiger partial charge in [0.05, 0.1) is 17.7 Å². The average Bonchev–Trinajstić information content (AvgIpc) is 2.98. The van der Waals surface area contributed by atoms with Crippen LogP contribution in [0, 0.1) is 0 Å². The fourth-order valence-electron chi connectivity index (χ4n) is 2.47. The van der Waals surface area contributed by atoms with E-state index in [1.807, 2.05) is 0 Å². The highest BCUT2D eigenvalue weighted by Gasteiger charge is 2.33. The summed E-state index contributed by atoms with van der Waals surface area (Å²) in [6.45, 7) is 0.257. The van der Waals surface area contributed by atoms with Gasteiger partial charge in [0.25, 0.3) is 0 Å². The summed E-state index contributed by atoms with van der Waals surface area (Å²) < 4.78 is 0. The Kier molecular flexibility index (Phi) is 4.29. The first-order valence-electron chi connectivity index (χ1n) is 6.47. The van der Waals surface area contributed by atoms with Crippen LogP contribution in [0.5, 0.6) is 0 Å². The van der Waals surface area contributed by atoms with Crippen molar-refractivity contribution in [3.05, 3.63) is 17.0 Å². The van der Waals surface area contributed by atoms with Crippen molar-refractivity contribution in [3.63, 3.8) is 0 Å². The van der Waals surface area contributed by atoms with Gasteiger partial charge in [-0.15, -0.1) is 11.3 Å². The van der Waals surface area contributed by atoms with Gasteiger partial charge in [-0.25, -0.2) is 9.59 Å². The highest BCUT2D eigenvalue weighted by atomic mass is 32.1. The maximum Gasteiger partial charge on any atom is 0.338 e. The minimum absolute atomic E-state index is 0.0799. The van der Waals surface area contributed by atoms with E-state index in [4.69, 9.17) is 5.11 Å². The molecule has 0 unspecified atom stereocenters. The topological polar surface area (TPSA) is 89.9 Å². The lowest BCUT2D eigenvalue weighted by Gasteiger charge is -2.28. The van der Waals surface area contributed by atoms with Gasteiger partial charge in [0.2, 0.25) is 0 Å². The minimum atomic E-state index is -1.07. The molecule has 0 saturated heterocycles. The van der Waals surface area contributed by atoms with Crippen LogP contribution in [-0.4, -0.2) is 46.3 Å². The number of carboxylic acids is 1. The summed E-state index contributed by atoms with van der Waals surface area (Å²) >= 11 is 1.16. The van der Waals surface area contributed by atoms with Crippen LogP contribution in [0.15, 0.2) is 11.4 Å². The molecule has 110 valence electrons. The summed E-state index contributed by atoms with van der Waals surface area (Å²) in [4.78, 5) is 24.4. The van der Waals surface area contributed by atoms with E-state index in [9.17, 15) is 14.7 Å². The van der Waals surface area contributed by atoms with Crippen molar-refractivity contribution >= 4 is 28.3 Å². The van der Waals surface area contributed by atoms with E-state index in [0.717, 1.165) is 24.2 Å². The zero-order valence-electron chi connectivity index (χ0n) is 11.3. The van der Waals surface area contributed by atoms with E-state index < -0.39 is 17.6 Å². The number of hydrogen-bond donors (Lipinski definition) is 3. The lowest BCUT2D eigenvalue weighted by atomic mass is 10.0. The van der Waals surface area contributed by atoms with Crippen LogP contribution in [0.3, 0.4) is 0 Å². The summed E-state index contributed by atoms with van der Waals surface area (Å²) in [6.07, 6.45) is 3.34. The molecule has 0 aromatic carbocycles. The molecule has 1 saturated carbocycles. The molecule has 2 amide bonds. The molecule has 7 heteroatoms. The first-order chi connectivity index (χ1) is 9.41. The molecule has 0 radical (unpaired) electrons. The van der Waals surface area contributed by atoms with Crippen molar-refractivity contribution in [2.75, 3.05) is 18.9 Å². The molecule has 2 rings (SSSR count). The van der Waals surface area contributed by atoms with Crippen molar-refractivity contribution in [1.29, 1.82) is 0 Å². The molecular weight excluding hydrogens is 280 g/mol. The smallest absolute Gasteiger partial charge is 0.338 e. The molecule has 1 aromatic rings. The number of aromatic carboxylic acids is 1. The first-order valence-corrected chi connectivity index (χ1v) is 7.34. The van der Waals surface area contributed by atoms with Gasteiger partial charge in [0.15, 0.2) is 0 Å². The van der Waals surface area contributed by atoms with Gasteiger partial charge >= 0.3 is 12.0 Å². The van der Waals surface area contributed by atoms with Crippen LogP contribution >= 0.6 is 11.3 Å². The van der Waals surface area contributed by atoms with E-state index in [0.29, 0.717) is 17.8 Å². The van der Waals surface area contributed by atoms with Gasteiger partial charge in [-0.05, 0) is 24.3 Å². The Morgan fingerprint density at radius 2 is 2.10 bits per heavy atom. The normalized spacial score (nSPS) is 16.9. The molecule has 1 aromatic heterocycles. The van der Waals surface area contributed by atoms with Crippen molar-refractivity contribution in [2.24, 2.45) is 0 Å². The molecule has 0 bridgehead atoms. The van der Waals surface area contributed by atoms with Gasteiger partial charge in [0.1, 0.15) is 5.00 Å². The number of anilines is 1. The van der Waals surface area contributed by atoms with Crippen molar-refractivity contribution in [2.45, 2.75) is 31.3 Å². The van der Waals surface area contributed by atoms with Crippen LogP contribution in [0.1, 0.15) is 36.0 Å². The fourth-order valence-corrected chi connectivity index (χ4v) is 3.24. The number of carbonyl (C=O) groups is 2. The second kappa shape index (κ2) is 5.80. The third-order valence-electron chi connectivity index (χ3n) is 3.53. The second-order valence-corrected chi connectivity index (χ2v) is 6.10. The van der Waals surface area contributed by atoms with E-state index in [1.165, 1.54) is 11.0 Å². The molecule has 1 aliphatic rings. The second-order valence-electron chi connectivity index (χ2n) is 5.19. The molecule has 1 heterocycles. The van der Waals surface area contributed by atoms with E-state index in [1.54, 1.807) is 12.4 Å². The highest BCUT2D eigenvalue weighted by molar-refractivity contribution is 7.14. The van der Waals surface area contributed by atoms with Crippen LogP contribution in [0.25, 0.3) is 0 Å². The summed E-state index contributed by atoms with van der Waals surface area (Å²) in [6, 6.07) is 1.04. The molecule has 0 aliphatic heterocycles. The van der Waals surface area contributed by atoms with Crippen molar-refractivity contribution in [1.82, 2.24) is 4.90 Å². The number of amides is 2. The van der Waals surface area contributed by atoms with Gasteiger partial charge in [-0.1, -0.05) is 12.8 Å². The zero-order chi connectivity index (χ0) is 14.8. The van der Waals surface area contributed by atoms with Crippen molar-refractivity contribution < 1.29 is 19.8 Å². The van der Waals surface area contributed by atoms with Gasteiger partial charge in [0, 0.05) is 7.05 Å². The number of thiophene rings is 1. The number of hydrogen-bond acceptors (Lipinski definition) is 4. The predicted molar refractivity (Wildman–Crippen MR) is 76.3 cm³/mol. The third kappa shape index (κ3) is 3.29. The maximum atomic E-state index is 12.0. The molecule has 0 atom stereocenters. The largest absolute Gasteiger partial charge is 0.478 e. The number of likely N-dealkylation sites (N-methyl/N-ethyl adjacent to an activating group) is 1. The Balaban J connectivity index is 1.97. The van der Waals surface area contributed by atoms with Crippen LogP contribution in [0.4, 0.5) is 9.80 Å². The summed E-state index contributed by atoms with van der Waals surface area (Å²) in [5, 5.41) is 23.7. The van der Waals surface area contributed by atoms with Gasteiger partial charge < -0.3 is 15.1 Å². The Bertz CT molecular complexity index is 508. The lowest BCUT2D eigenvalue weighted by Crippen LogP contribution is -2.43. The minimum Gasteiger partial charge on any atom is -0.478 e. The quantitative estimate of drug-likeness (QED) is 0.795. The number of nitrogens with one attached hydrogen (secondary N) is 1. The van der Waals surface area contributed by atoms with E-state index in [2.05, 4.69) is 5.32 Å². The summed E-state index contributed by atoms with van der Waals surface area (Å²) in [5.74, 6) is -1.07. The van der Waals surface area contributed by atoms with Crippen LogP contribution < -0.4 is 5.32 Å². The maximum absolute atomic E-state index is 12.0. The monoisotopic (exact) mass is 298 g/mol. The zero-order valence-corrected chi connectivity index (χ0v) is 12.1. The molecule has 6 nitrogen and oxygen atoms in total. The standard InChI is InChI=1S/C13H18N2O4S/c1-15(8-13(19)5-2-3-6-13)12(18)14-10-9(11(16)17)4-7-20-10/h4,7,19H,2-3,5-6,8H2,1H3,(H,14,18)(H,16,17). The molecule has 3 N–H and O–H groups in total. The van der Waals surface area contributed by atoms with Gasteiger partial charge in [-0.3, -0.25) is 5.32 Å². The SMILES string of the molecule is CN(CC1(O)CCCC1)C(=O)Nc1sccc1C(=O)O. The predicted octanol–water partition coefficient (Wildman–Crippen LogP) is 2.22. The summed E-state index contributed by atoms with van der Waals surface area (Å²) in [5.41, 5.74) is -0.728. The van der Waals surface area contributed by atoms with Gasteiger partial charge in [-0.2, -0.15) is 0 Å². The first kappa shape index (κ1) is 14.8. The number of nitrogens with zero attached hydrogens (tertiary/aromatic N) is 1. The number of rotatable bonds is 4. The molecular formula is C13H18N2O4S. The molecule has 1 aliphatic carbocycles. The van der Waals surface area contributed by atoms with Crippen LogP contribution in [-0.2, 0) is 0 Å². The highest BCUT2D eigenvalue weighted by Crippen LogP contribution is 2.30. The Labute approximate surface area is 121 Å². The number of aliphatic hydroxyl groups is 1. The third-order valence-corrected chi connectivity index (χ3v) is 4.36. The fraction of sp³-hybridized carbons (Fsp3) is 0.538. The van der Waals surface area contributed by atoms with E-state index >= 15 is 0 Å². The number of urea groups is 1. The number of carbonyl (C=O) groups excluding carboxylic acids is 1. The van der Waals surface area contributed by atoms with E-state index in [-0.39, 0.29) is 12.1 Å². The lowest BCUT2D eigenvalue weighted by molar-refractivity contribution is 0.0261.